The van der Waals surface area contributed by atoms with E-state index in [1.54, 1.807) is 31.2 Å². The SMILES string of the molecule is COc1ccc(C2C(C(=O)c3ccc(C)o3)C(=O)C(=O)N2CC2CCCO2)cc1OC. The van der Waals surface area contributed by atoms with E-state index in [2.05, 4.69) is 0 Å². The molecule has 1 aromatic carbocycles. The molecule has 8 nitrogen and oxygen atoms in total. The zero-order valence-electron chi connectivity index (χ0n) is 17.8. The number of benzene rings is 1. The van der Waals surface area contributed by atoms with Crippen molar-refractivity contribution in [3.63, 3.8) is 0 Å². The molecule has 0 saturated carbocycles. The van der Waals surface area contributed by atoms with Crippen LogP contribution in [0.3, 0.4) is 0 Å². The molecule has 1 aromatic heterocycles. The maximum atomic E-state index is 13.3. The van der Waals surface area contributed by atoms with Crippen LogP contribution in [-0.2, 0) is 14.3 Å². The molecule has 1 amide bonds. The Kier molecular flexibility index (Phi) is 5.82. The maximum Gasteiger partial charge on any atom is 0.291 e. The summed E-state index contributed by atoms with van der Waals surface area (Å²) in [6.45, 7) is 2.58. The summed E-state index contributed by atoms with van der Waals surface area (Å²) in [4.78, 5) is 40.7. The van der Waals surface area contributed by atoms with Crippen LogP contribution in [-0.4, -0.2) is 55.8 Å². The Hall–Kier alpha value is -3.13. The second kappa shape index (κ2) is 8.55. The molecule has 0 aliphatic carbocycles. The summed E-state index contributed by atoms with van der Waals surface area (Å²) in [5.74, 6) is -1.57. The number of hydrogen-bond donors (Lipinski definition) is 0. The number of amides is 1. The molecule has 2 saturated heterocycles. The van der Waals surface area contributed by atoms with Crippen LogP contribution in [0.5, 0.6) is 11.5 Å². The van der Waals surface area contributed by atoms with Crippen molar-refractivity contribution in [1.82, 2.24) is 4.90 Å². The number of ether oxygens (including phenoxy) is 3. The lowest BCUT2D eigenvalue weighted by Crippen LogP contribution is -2.37. The van der Waals surface area contributed by atoms with Crippen LogP contribution >= 0.6 is 0 Å². The van der Waals surface area contributed by atoms with Crippen LogP contribution in [0.15, 0.2) is 34.7 Å². The molecule has 2 aliphatic heterocycles. The van der Waals surface area contributed by atoms with Crippen molar-refractivity contribution < 1.29 is 33.0 Å². The average molecular weight is 427 g/mol. The largest absolute Gasteiger partial charge is 0.493 e. The highest BCUT2D eigenvalue weighted by Crippen LogP contribution is 2.41. The van der Waals surface area contributed by atoms with Crippen LogP contribution in [0, 0.1) is 12.8 Å². The van der Waals surface area contributed by atoms with Gasteiger partial charge in [-0.15, -0.1) is 0 Å². The minimum atomic E-state index is -1.21. The van der Waals surface area contributed by atoms with E-state index in [1.807, 2.05) is 0 Å². The van der Waals surface area contributed by atoms with Gasteiger partial charge < -0.3 is 23.5 Å². The van der Waals surface area contributed by atoms with E-state index < -0.39 is 29.4 Å². The molecule has 2 aliphatic rings. The summed E-state index contributed by atoms with van der Waals surface area (Å²) in [7, 11) is 3.03. The third-order valence-electron chi connectivity index (χ3n) is 5.84. The molecular weight excluding hydrogens is 402 g/mol. The maximum absolute atomic E-state index is 13.3. The molecule has 3 unspecified atom stereocenters. The van der Waals surface area contributed by atoms with E-state index in [4.69, 9.17) is 18.6 Å². The van der Waals surface area contributed by atoms with Crippen LogP contribution < -0.4 is 9.47 Å². The lowest BCUT2D eigenvalue weighted by atomic mass is 9.88. The van der Waals surface area contributed by atoms with Crippen molar-refractivity contribution in [2.75, 3.05) is 27.4 Å². The van der Waals surface area contributed by atoms with Gasteiger partial charge in [0.05, 0.1) is 26.4 Å². The smallest absolute Gasteiger partial charge is 0.291 e. The molecule has 3 atom stereocenters. The molecular formula is C23H25NO7. The Morgan fingerprint density at radius 2 is 1.90 bits per heavy atom. The molecule has 4 rings (SSSR count). The number of methoxy groups -OCH3 is 2. The van der Waals surface area contributed by atoms with Crippen molar-refractivity contribution in [1.29, 1.82) is 0 Å². The monoisotopic (exact) mass is 427 g/mol. The quantitative estimate of drug-likeness (QED) is 0.381. The minimum Gasteiger partial charge on any atom is -0.493 e. The highest BCUT2D eigenvalue weighted by Gasteiger charge is 2.53. The first kappa shape index (κ1) is 21.1. The van der Waals surface area contributed by atoms with E-state index in [-0.39, 0.29) is 18.4 Å². The van der Waals surface area contributed by atoms with Crippen LogP contribution in [0.4, 0.5) is 0 Å². The zero-order chi connectivity index (χ0) is 22.1. The molecule has 0 radical (unpaired) electrons. The van der Waals surface area contributed by atoms with Crippen LogP contribution in [0.1, 0.15) is 40.8 Å². The topological polar surface area (TPSA) is 95.3 Å². The fraction of sp³-hybridized carbons (Fsp3) is 0.435. The lowest BCUT2D eigenvalue weighted by molar-refractivity contribution is -0.141. The van der Waals surface area contributed by atoms with E-state index in [1.165, 1.54) is 25.2 Å². The molecule has 0 bridgehead atoms. The van der Waals surface area contributed by atoms with Gasteiger partial charge in [-0.3, -0.25) is 14.4 Å². The Morgan fingerprint density at radius 3 is 2.52 bits per heavy atom. The summed E-state index contributed by atoms with van der Waals surface area (Å²) >= 11 is 0. The number of hydrogen-bond acceptors (Lipinski definition) is 7. The molecule has 164 valence electrons. The van der Waals surface area contributed by atoms with E-state index in [0.717, 1.165) is 12.8 Å². The Labute approximate surface area is 180 Å². The van der Waals surface area contributed by atoms with Crippen LogP contribution in [0.25, 0.3) is 0 Å². The Balaban J connectivity index is 1.77. The number of carbonyl (C=O) groups is 3. The molecule has 3 heterocycles. The van der Waals surface area contributed by atoms with Gasteiger partial charge in [0.15, 0.2) is 17.3 Å². The first-order valence-electron chi connectivity index (χ1n) is 10.2. The highest BCUT2D eigenvalue weighted by molar-refractivity contribution is 6.43. The lowest BCUT2D eigenvalue weighted by Gasteiger charge is -2.29. The minimum absolute atomic E-state index is 0.0630. The van der Waals surface area contributed by atoms with Gasteiger partial charge in [0.1, 0.15) is 11.7 Å². The first-order chi connectivity index (χ1) is 14.9. The first-order valence-corrected chi connectivity index (χ1v) is 10.2. The van der Waals surface area contributed by atoms with E-state index >= 15 is 0 Å². The summed E-state index contributed by atoms with van der Waals surface area (Å²) in [6, 6.07) is 7.54. The van der Waals surface area contributed by atoms with Crippen molar-refractivity contribution >= 4 is 17.5 Å². The van der Waals surface area contributed by atoms with Crippen LogP contribution in [0.2, 0.25) is 0 Å². The number of likely N-dealkylation sites (tertiary alicyclic amines) is 1. The third kappa shape index (κ3) is 3.83. The van der Waals surface area contributed by atoms with Gasteiger partial charge in [0, 0.05) is 13.2 Å². The summed E-state index contributed by atoms with van der Waals surface area (Å²) in [5, 5.41) is 0. The number of Topliss-reactive ketones (excluding diaryl/α,β-unsaturated/α-hetero) is 2. The summed E-state index contributed by atoms with van der Waals surface area (Å²) in [5.41, 5.74) is 0.608. The summed E-state index contributed by atoms with van der Waals surface area (Å²) in [6.07, 6.45) is 1.53. The predicted octanol–water partition coefficient (Wildman–Crippen LogP) is 2.74. The predicted molar refractivity (Wildman–Crippen MR) is 109 cm³/mol. The van der Waals surface area contributed by atoms with Gasteiger partial charge in [0.25, 0.3) is 5.91 Å². The molecule has 2 fully saturated rings. The van der Waals surface area contributed by atoms with Gasteiger partial charge in [-0.05, 0) is 49.6 Å². The Morgan fingerprint density at radius 1 is 1.13 bits per heavy atom. The fourth-order valence-electron chi connectivity index (χ4n) is 4.32. The van der Waals surface area contributed by atoms with Gasteiger partial charge in [0.2, 0.25) is 11.6 Å². The highest BCUT2D eigenvalue weighted by atomic mass is 16.5. The van der Waals surface area contributed by atoms with Crippen molar-refractivity contribution in [3.8, 4) is 11.5 Å². The second-order valence-corrected chi connectivity index (χ2v) is 7.77. The van der Waals surface area contributed by atoms with Gasteiger partial charge in [-0.25, -0.2) is 0 Å². The van der Waals surface area contributed by atoms with E-state index in [0.29, 0.717) is 29.4 Å². The van der Waals surface area contributed by atoms with Gasteiger partial charge in [-0.2, -0.15) is 0 Å². The molecule has 31 heavy (non-hydrogen) atoms. The number of rotatable bonds is 7. The third-order valence-corrected chi connectivity index (χ3v) is 5.84. The van der Waals surface area contributed by atoms with Crippen molar-refractivity contribution in [2.45, 2.75) is 31.9 Å². The molecule has 0 N–H and O–H groups in total. The second-order valence-electron chi connectivity index (χ2n) is 7.77. The number of furan rings is 1. The molecule has 0 spiro atoms. The standard InChI is InChI=1S/C23H25NO7/c1-13-6-8-17(31-13)21(25)19-20(14-7-9-16(28-2)18(11-14)29-3)24(23(27)22(19)26)12-15-5-4-10-30-15/h6-9,11,15,19-20H,4-5,10,12H2,1-3H3. The van der Waals surface area contributed by atoms with Gasteiger partial charge in [-0.1, -0.05) is 6.07 Å². The van der Waals surface area contributed by atoms with Crippen molar-refractivity contribution in [2.24, 2.45) is 5.92 Å². The number of nitrogens with zero attached hydrogens (tertiary/aromatic N) is 1. The average Bonchev–Trinajstić information content (AvgIpc) is 3.50. The molecule has 8 heteroatoms. The number of aryl methyl sites for hydroxylation is 1. The van der Waals surface area contributed by atoms with Gasteiger partial charge >= 0.3 is 0 Å². The normalized spacial score (nSPS) is 23.5. The number of ketones is 2. The van der Waals surface area contributed by atoms with E-state index in [9.17, 15) is 14.4 Å². The molecule has 2 aromatic rings. The number of carbonyl (C=O) groups excluding carboxylic acids is 3. The fourth-order valence-corrected chi connectivity index (χ4v) is 4.32. The summed E-state index contributed by atoms with van der Waals surface area (Å²) < 4.78 is 21.9. The Bertz CT molecular complexity index is 1010. The van der Waals surface area contributed by atoms with Crippen molar-refractivity contribution in [3.05, 3.63) is 47.4 Å². The zero-order valence-corrected chi connectivity index (χ0v) is 17.8.